The number of ether oxygens (including phenoxy) is 1. The molecule has 3 aromatic rings. The summed E-state index contributed by atoms with van der Waals surface area (Å²) in [7, 11) is 0. The molecular weight excluding hydrogens is 406 g/mol. The maximum atomic E-state index is 13.1. The molecule has 0 spiro atoms. The van der Waals surface area contributed by atoms with Gasteiger partial charge in [0.15, 0.2) is 0 Å². The quantitative estimate of drug-likeness (QED) is 0.363. The van der Waals surface area contributed by atoms with Gasteiger partial charge in [0, 0.05) is 18.0 Å². The monoisotopic (exact) mass is 429 g/mol. The predicted molar refractivity (Wildman–Crippen MR) is 119 cm³/mol. The van der Waals surface area contributed by atoms with Crippen LogP contribution in [0.4, 0.5) is 0 Å². The molecule has 1 aromatic carbocycles. The number of rotatable bonds is 6. The van der Waals surface area contributed by atoms with Gasteiger partial charge in [0.05, 0.1) is 29.6 Å². The third-order valence-electron chi connectivity index (χ3n) is 5.05. The Labute approximate surface area is 186 Å². The standard InChI is InChI=1S/C25H23N3O4/c1-16(2)32-19-10-7-8-17(14-19)23(29)21-22(20-11-4-6-13-27-20)28(25(31)24(21)30)15-18-9-3-5-12-26-18/h3-14,16,22,29H,15H2,1-2H3/b23-21-. The fourth-order valence-corrected chi connectivity index (χ4v) is 3.70. The molecule has 0 radical (unpaired) electrons. The van der Waals surface area contributed by atoms with E-state index in [2.05, 4.69) is 9.97 Å². The van der Waals surface area contributed by atoms with Crippen molar-refractivity contribution in [1.29, 1.82) is 0 Å². The van der Waals surface area contributed by atoms with Crippen LogP contribution in [0.2, 0.25) is 0 Å². The summed E-state index contributed by atoms with van der Waals surface area (Å²) in [5.74, 6) is -1.18. The van der Waals surface area contributed by atoms with Crippen LogP contribution in [0.5, 0.6) is 5.75 Å². The first kappa shape index (κ1) is 21.2. The summed E-state index contributed by atoms with van der Waals surface area (Å²) < 4.78 is 5.71. The van der Waals surface area contributed by atoms with Gasteiger partial charge in [0.2, 0.25) is 0 Å². The number of carbonyl (C=O) groups excluding carboxylic acids is 2. The van der Waals surface area contributed by atoms with E-state index in [1.54, 1.807) is 67.0 Å². The number of aliphatic hydroxyl groups excluding tert-OH is 1. The van der Waals surface area contributed by atoms with Gasteiger partial charge in [-0.25, -0.2) is 0 Å². The maximum Gasteiger partial charge on any atom is 0.296 e. The van der Waals surface area contributed by atoms with Crippen LogP contribution < -0.4 is 4.74 Å². The highest BCUT2D eigenvalue weighted by atomic mass is 16.5. The van der Waals surface area contributed by atoms with Gasteiger partial charge in [-0.3, -0.25) is 19.6 Å². The van der Waals surface area contributed by atoms with Gasteiger partial charge in [0.25, 0.3) is 11.7 Å². The molecule has 7 nitrogen and oxygen atoms in total. The molecule has 1 atom stereocenters. The van der Waals surface area contributed by atoms with Gasteiger partial charge >= 0.3 is 0 Å². The van der Waals surface area contributed by atoms with Crippen molar-refractivity contribution in [2.45, 2.75) is 32.5 Å². The van der Waals surface area contributed by atoms with E-state index < -0.39 is 17.7 Å². The Kier molecular flexibility index (Phi) is 5.98. The highest BCUT2D eigenvalue weighted by Gasteiger charge is 2.46. The molecule has 0 bridgehead atoms. The second-order valence-electron chi connectivity index (χ2n) is 7.70. The van der Waals surface area contributed by atoms with E-state index in [9.17, 15) is 14.7 Å². The number of amides is 1. The number of hydrogen-bond acceptors (Lipinski definition) is 6. The average molecular weight is 429 g/mol. The molecule has 2 aromatic heterocycles. The molecule has 4 rings (SSSR count). The second-order valence-corrected chi connectivity index (χ2v) is 7.70. The number of aromatic nitrogens is 2. The zero-order valence-electron chi connectivity index (χ0n) is 17.8. The molecule has 1 aliphatic heterocycles. The Bertz CT molecular complexity index is 1160. The first-order valence-electron chi connectivity index (χ1n) is 10.3. The third-order valence-corrected chi connectivity index (χ3v) is 5.05. The Balaban J connectivity index is 1.82. The lowest BCUT2D eigenvalue weighted by Crippen LogP contribution is -2.29. The van der Waals surface area contributed by atoms with E-state index in [1.165, 1.54) is 4.90 Å². The van der Waals surface area contributed by atoms with Crippen molar-refractivity contribution in [2.75, 3.05) is 0 Å². The van der Waals surface area contributed by atoms with Crippen molar-refractivity contribution in [3.63, 3.8) is 0 Å². The number of benzene rings is 1. The van der Waals surface area contributed by atoms with Crippen LogP contribution >= 0.6 is 0 Å². The molecule has 7 heteroatoms. The normalized spacial score (nSPS) is 17.7. The number of aliphatic hydroxyl groups is 1. The highest BCUT2D eigenvalue weighted by Crippen LogP contribution is 2.39. The minimum absolute atomic E-state index is 0.00803. The van der Waals surface area contributed by atoms with Crippen molar-refractivity contribution in [3.8, 4) is 5.75 Å². The lowest BCUT2D eigenvalue weighted by atomic mass is 9.98. The third kappa shape index (κ3) is 4.23. The van der Waals surface area contributed by atoms with Crippen LogP contribution in [0, 0.1) is 0 Å². The minimum atomic E-state index is -0.840. The van der Waals surface area contributed by atoms with Crippen LogP contribution in [0.1, 0.15) is 36.8 Å². The zero-order chi connectivity index (χ0) is 22.7. The van der Waals surface area contributed by atoms with E-state index in [4.69, 9.17) is 4.74 Å². The van der Waals surface area contributed by atoms with Crippen LogP contribution in [-0.2, 0) is 16.1 Å². The maximum absolute atomic E-state index is 13.1. The summed E-state index contributed by atoms with van der Waals surface area (Å²) in [6, 6.07) is 16.6. The van der Waals surface area contributed by atoms with E-state index in [0.29, 0.717) is 22.7 Å². The van der Waals surface area contributed by atoms with Crippen molar-refractivity contribution < 1.29 is 19.4 Å². The second kappa shape index (κ2) is 9.01. The molecule has 1 saturated heterocycles. The predicted octanol–water partition coefficient (Wildman–Crippen LogP) is 3.89. The van der Waals surface area contributed by atoms with Gasteiger partial charge in [-0.2, -0.15) is 0 Å². The Morgan fingerprint density at radius 2 is 1.78 bits per heavy atom. The Morgan fingerprint density at radius 1 is 1.03 bits per heavy atom. The molecule has 1 N–H and O–H groups in total. The minimum Gasteiger partial charge on any atom is -0.507 e. The Hall–Kier alpha value is -4.00. The highest BCUT2D eigenvalue weighted by molar-refractivity contribution is 6.46. The molecule has 3 heterocycles. The van der Waals surface area contributed by atoms with E-state index >= 15 is 0 Å². The first-order chi connectivity index (χ1) is 15.5. The summed E-state index contributed by atoms with van der Waals surface area (Å²) in [6.45, 7) is 3.91. The number of Topliss-reactive ketones (excluding diaryl/α,β-unsaturated/α-hetero) is 1. The summed E-state index contributed by atoms with van der Waals surface area (Å²) in [6.07, 6.45) is 3.17. The molecule has 1 unspecified atom stereocenters. The summed E-state index contributed by atoms with van der Waals surface area (Å²) in [5, 5.41) is 11.2. The topological polar surface area (TPSA) is 92.6 Å². The lowest BCUT2D eigenvalue weighted by Gasteiger charge is -2.24. The largest absolute Gasteiger partial charge is 0.507 e. The van der Waals surface area contributed by atoms with Gasteiger partial charge in [-0.1, -0.05) is 24.3 Å². The Morgan fingerprint density at radius 3 is 2.44 bits per heavy atom. The van der Waals surface area contributed by atoms with Gasteiger partial charge in [0.1, 0.15) is 17.6 Å². The SMILES string of the molecule is CC(C)Oc1cccc(/C(O)=C2/C(=O)C(=O)N(Cc3ccccn3)C2c2ccccn2)c1. The number of nitrogens with zero attached hydrogens (tertiary/aromatic N) is 3. The lowest BCUT2D eigenvalue weighted by molar-refractivity contribution is -0.140. The van der Waals surface area contributed by atoms with Crippen molar-refractivity contribution in [1.82, 2.24) is 14.9 Å². The summed E-state index contributed by atoms with van der Waals surface area (Å²) in [5.41, 5.74) is 1.49. The number of likely N-dealkylation sites (tertiary alicyclic amines) is 1. The molecule has 0 aliphatic carbocycles. The number of hydrogen-bond donors (Lipinski definition) is 1. The van der Waals surface area contributed by atoms with E-state index in [0.717, 1.165) is 0 Å². The number of carbonyl (C=O) groups is 2. The fraction of sp³-hybridized carbons (Fsp3) is 0.200. The van der Waals surface area contributed by atoms with E-state index in [-0.39, 0.29) is 24.0 Å². The van der Waals surface area contributed by atoms with Crippen molar-refractivity contribution in [2.24, 2.45) is 0 Å². The molecular formula is C25H23N3O4. The van der Waals surface area contributed by atoms with Crippen LogP contribution in [0.15, 0.2) is 78.6 Å². The van der Waals surface area contributed by atoms with Gasteiger partial charge in [-0.05, 0) is 50.2 Å². The molecule has 32 heavy (non-hydrogen) atoms. The number of pyridine rings is 2. The molecule has 0 saturated carbocycles. The fourth-order valence-electron chi connectivity index (χ4n) is 3.70. The average Bonchev–Trinajstić information content (AvgIpc) is 3.04. The van der Waals surface area contributed by atoms with Crippen molar-refractivity contribution in [3.05, 3.63) is 95.6 Å². The number of ketones is 1. The molecule has 162 valence electrons. The molecule has 1 fully saturated rings. The van der Waals surface area contributed by atoms with Crippen molar-refractivity contribution >= 4 is 17.4 Å². The van der Waals surface area contributed by atoms with Crippen LogP contribution in [-0.4, -0.2) is 37.8 Å². The summed E-state index contributed by atoms with van der Waals surface area (Å²) >= 11 is 0. The summed E-state index contributed by atoms with van der Waals surface area (Å²) in [4.78, 5) is 36.1. The smallest absolute Gasteiger partial charge is 0.296 e. The first-order valence-corrected chi connectivity index (χ1v) is 10.3. The molecule has 1 aliphatic rings. The van der Waals surface area contributed by atoms with Crippen LogP contribution in [0.25, 0.3) is 5.76 Å². The zero-order valence-corrected chi connectivity index (χ0v) is 17.8. The molecule has 1 amide bonds. The van der Waals surface area contributed by atoms with Gasteiger partial charge in [-0.15, -0.1) is 0 Å². The van der Waals surface area contributed by atoms with Crippen LogP contribution in [0.3, 0.4) is 0 Å². The van der Waals surface area contributed by atoms with Gasteiger partial charge < -0.3 is 14.7 Å². The van der Waals surface area contributed by atoms with E-state index in [1.807, 2.05) is 19.9 Å².